The summed E-state index contributed by atoms with van der Waals surface area (Å²) in [5, 5.41) is 3.98. The molecule has 1 aromatic carbocycles. The molecular weight excluding hydrogens is 374 g/mol. The first-order valence-electron chi connectivity index (χ1n) is 8.32. The number of benzene rings is 1. The zero-order valence-electron chi connectivity index (χ0n) is 14.5. The Morgan fingerprint density at radius 3 is 2.62 bits per heavy atom. The average molecular weight is 393 g/mol. The molecule has 0 saturated carbocycles. The van der Waals surface area contributed by atoms with Gasteiger partial charge < -0.3 is 4.52 Å². The lowest BCUT2D eigenvalue weighted by Gasteiger charge is -2.33. The minimum Gasteiger partial charge on any atom is -0.361 e. The lowest BCUT2D eigenvalue weighted by molar-refractivity contribution is 0.180. The standard InChI is InChI=1S/C16H19N5O3S2/c1-11-13(12(2)24-17-11)10-20-6-8-21(9-7-20)26(22,23)15-5-3-4-14-16(15)19-25-18-14/h3-5H,6-10H2,1-2H3. The van der Waals surface area contributed by atoms with E-state index in [1.165, 1.54) is 4.31 Å². The molecule has 26 heavy (non-hydrogen) atoms. The molecule has 0 radical (unpaired) electrons. The number of aromatic nitrogens is 3. The summed E-state index contributed by atoms with van der Waals surface area (Å²) < 4.78 is 41.1. The molecular formula is C16H19N5O3S2. The maximum absolute atomic E-state index is 13.1. The number of hydrogen-bond acceptors (Lipinski definition) is 8. The highest BCUT2D eigenvalue weighted by molar-refractivity contribution is 7.89. The van der Waals surface area contributed by atoms with Crippen molar-refractivity contribution in [3.05, 3.63) is 35.2 Å². The molecule has 10 heteroatoms. The lowest BCUT2D eigenvalue weighted by Crippen LogP contribution is -2.48. The van der Waals surface area contributed by atoms with E-state index < -0.39 is 10.0 Å². The van der Waals surface area contributed by atoms with Crippen LogP contribution in [-0.2, 0) is 16.6 Å². The van der Waals surface area contributed by atoms with E-state index >= 15 is 0 Å². The molecule has 0 atom stereocenters. The second kappa shape index (κ2) is 6.69. The van der Waals surface area contributed by atoms with Gasteiger partial charge in [0.1, 0.15) is 21.7 Å². The maximum atomic E-state index is 13.1. The van der Waals surface area contributed by atoms with Crippen molar-refractivity contribution in [3.63, 3.8) is 0 Å². The van der Waals surface area contributed by atoms with Gasteiger partial charge in [-0.15, -0.1) is 0 Å². The monoisotopic (exact) mass is 393 g/mol. The third-order valence-electron chi connectivity index (χ3n) is 4.76. The number of sulfonamides is 1. The number of fused-ring (bicyclic) bond motifs is 1. The van der Waals surface area contributed by atoms with Gasteiger partial charge in [0.15, 0.2) is 0 Å². The summed E-state index contributed by atoms with van der Waals surface area (Å²) >= 11 is 1.03. The molecule has 3 aromatic rings. The van der Waals surface area contributed by atoms with Gasteiger partial charge in [-0.1, -0.05) is 11.2 Å². The van der Waals surface area contributed by atoms with Crippen molar-refractivity contribution < 1.29 is 12.9 Å². The van der Waals surface area contributed by atoms with Gasteiger partial charge in [0, 0.05) is 38.3 Å². The molecule has 3 heterocycles. The fourth-order valence-electron chi connectivity index (χ4n) is 3.21. The molecule has 0 bridgehead atoms. The number of nitrogens with zero attached hydrogens (tertiary/aromatic N) is 5. The zero-order chi connectivity index (χ0) is 18.3. The van der Waals surface area contributed by atoms with Crippen molar-refractivity contribution in [1.82, 2.24) is 23.1 Å². The minimum absolute atomic E-state index is 0.239. The second-order valence-electron chi connectivity index (χ2n) is 6.37. The Hall–Kier alpha value is -1.88. The highest BCUT2D eigenvalue weighted by Gasteiger charge is 2.31. The van der Waals surface area contributed by atoms with Crippen LogP contribution in [0, 0.1) is 13.8 Å². The fraction of sp³-hybridized carbons (Fsp3) is 0.438. The molecule has 8 nitrogen and oxygen atoms in total. The van der Waals surface area contributed by atoms with Crippen LogP contribution in [-0.4, -0.2) is 57.7 Å². The largest absolute Gasteiger partial charge is 0.361 e. The average Bonchev–Trinajstić information content (AvgIpc) is 3.23. The van der Waals surface area contributed by atoms with E-state index in [2.05, 4.69) is 18.8 Å². The Bertz CT molecular complexity index is 1020. The molecule has 0 amide bonds. The number of aryl methyl sites for hydroxylation is 2. The Kier molecular flexibility index (Phi) is 4.51. The number of piperazine rings is 1. The number of hydrogen-bond donors (Lipinski definition) is 0. The Balaban J connectivity index is 1.50. The summed E-state index contributed by atoms with van der Waals surface area (Å²) in [4.78, 5) is 2.46. The van der Waals surface area contributed by atoms with Crippen molar-refractivity contribution >= 4 is 32.8 Å². The van der Waals surface area contributed by atoms with Gasteiger partial charge in [-0.25, -0.2) is 8.42 Å². The Labute approximate surface area is 155 Å². The molecule has 4 rings (SSSR count). The Morgan fingerprint density at radius 1 is 1.15 bits per heavy atom. The van der Waals surface area contributed by atoms with E-state index in [0.717, 1.165) is 35.3 Å². The van der Waals surface area contributed by atoms with Crippen LogP contribution in [0.4, 0.5) is 0 Å². The maximum Gasteiger partial charge on any atom is 0.245 e. The normalized spacial score (nSPS) is 17.2. The van der Waals surface area contributed by atoms with Crippen LogP contribution in [0.15, 0.2) is 27.6 Å². The molecule has 138 valence electrons. The van der Waals surface area contributed by atoms with E-state index in [4.69, 9.17) is 4.52 Å². The van der Waals surface area contributed by atoms with Crippen LogP contribution < -0.4 is 0 Å². The van der Waals surface area contributed by atoms with Crippen LogP contribution in [0.1, 0.15) is 17.0 Å². The van der Waals surface area contributed by atoms with E-state index in [1.807, 2.05) is 13.8 Å². The van der Waals surface area contributed by atoms with Gasteiger partial charge in [-0.3, -0.25) is 4.90 Å². The van der Waals surface area contributed by atoms with Crippen LogP contribution >= 0.6 is 11.7 Å². The first kappa shape index (κ1) is 17.5. The van der Waals surface area contributed by atoms with Crippen LogP contribution in [0.2, 0.25) is 0 Å². The second-order valence-corrected chi connectivity index (χ2v) is 8.81. The van der Waals surface area contributed by atoms with Gasteiger partial charge in [0.05, 0.1) is 17.4 Å². The van der Waals surface area contributed by atoms with Crippen molar-refractivity contribution in [2.45, 2.75) is 25.3 Å². The smallest absolute Gasteiger partial charge is 0.245 e. The van der Waals surface area contributed by atoms with Gasteiger partial charge >= 0.3 is 0 Å². The van der Waals surface area contributed by atoms with Crippen LogP contribution in [0.25, 0.3) is 11.0 Å². The lowest BCUT2D eigenvalue weighted by atomic mass is 10.2. The minimum atomic E-state index is -3.58. The fourth-order valence-corrected chi connectivity index (χ4v) is 5.38. The first-order chi connectivity index (χ1) is 12.5. The summed E-state index contributed by atoms with van der Waals surface area (Å²) in [6.07, 6.45) is 0. The topological polar surface area (TPSA) is 92.4 Å². The van der Waals surface area contributed by atoms with Crippen molar-refractivity contribution in [2.24, 2.45) is 0 Å². The molecule has 1 aliphatic heterocycles. The summed E-state index contributed by atoms with van der Waals surface area (Å²) in [5.41, 5.74) is 3.05. The molecule has 1 aliphatic rings. The van der Waals surface area contributed by atoms with Crippen LogP contribution in [0.5, 0.6) is 0 Å². The molecule has 0 spiro atoms. The van der Waals surface area contributed by atoms with E-state index in [1.54, 1.807) is 18.2 Å². The molecule has 1 fully saturated rings. The van der Waals surface area contributed by atoms with Crippen molar-refractivity contribution in [3.8, 4) is 0 Å². The third kappa shape index (κ3) is 3.02. The van der Waals surface area contributed by atoms with Crippen molar-refractivity contribution in [1.29, 1.82) is 0 Å². The SMILES string of the molecule is Cc1noc(C)c1CN1CCN(S(=O)(=O)c2cccc3nsnc23)CC1. The molecule has 0 unspecified atom stereocenters. The summed E-state index contributed by atoms with van der Waals surface area (Å²) in [6.45, 7) is 6.76. The summed E-state index contributed by atoms with van der Waals surface area (Å²) in [6, 6.07) is 5.10. The predicted molar refractivity (Wildman–Crippen MR) is 97.4 cm³/mol. The van der Waals surface area contributed by atoms with Crippen LogP contribution in [0.3, 0.4) is 0 Å². The van der Waals surface area contributed by atoms with Gasteiger partial charge in [-0.2, -0.15) is 13.1 Å². The highest BCUT2D eigenvalue weighted by Crippen LogP contribution is 2.25. The number of rotatable bonds is 4. The third-order valence-corrected chi connectivity index (χ3v) is 7.23. The predicted octanol–water partition coefficient (Wildman–Crippen LogP) is 1.80. The quantitative estimate of drug-likeness (QED) is 0.667. The van der Waals surface area contributed by atoms with Gasteiger partial charge in [0.2, 0.25) is 10.0 Å². The van der Waals surface area contributed by atoms with Crippen molar-refractivity contribution in [2.75, 3.05) is 26.2 Å². The van der Waals surface area contributed by atoms with E-state index in [0.29, 0.717) is 37.2 Å². The van der Waals surface area contributed by atoms with E-state index in [9.17, 15) is 8.42 Å². The molecule has 2 aromatic heterocycles. The highest BCUT2D eigenvalue weighted by atomic mass is 32.2. The molecule has 1 saturated heterocycles. The first-order valence-corrected chi connectivity index (χ1v) is 10.5. The van der Waals surface area contributed by atoms with E-state index in [-0.39, 0.29) is 4.90 Å². The van der Waals surface area contributed by atoms with Gasteiger partial charge in [-0.05, 0) is 26.0 Å². The Morgan fingerprint density at radius 2 is 1.92 bits per heavy atom. The van der Waals surface area contributed by atoms with Gasteiger partial charge in [0.25, 0.3) is 0 Å². The molecule has 0 N–H and O–H groups in total. The molecule has 0 aliphatic carbocycles. The summed E-state index contributed by atoms with van der Waals surface area (Å²) in [7, 11) is -3.58. The summed E-state index contributed by atoms with van der Waals surface area (Å²) in [5.74, 6) is 0.820. The zero-order valence-corrected chi connectivity index (χ0v) is 16.2.